The minimum absolute atomic E-state index is 0.109. The van der Waals surface area contributed by atoms with Crippen LogP contribution in [0, 0.1) is 0 Å². The molecule has 1 saturated heterocycles. The lowest BCUT2D eigenvalue weighted by atomic mass is 10.1. The molecular formula is C21H19Cl2N7O2. The number of carbonyl (C=O) groups excluding carboxylic acids is 2. The van der Waals surface area contributed by atoms with Gasteiger partial charge >= 0.3 is 0 Å². The standard InChI is InChI=1S/C21H19Cl2N7O2/c22-12-1-3-16(15(7-12)20(31)29-18-4-2-13(23)8-26-18)28-21(32)17-9-27-19(10-25-17)30-6-5-14(24)11-30/h1-4,7-10,14H,5-6,11,24H2,(H,28,32)(H,26,29,31). The Kier molecular flexibility index (Phi) is 6.50. The van der Waals surface area contributed by atoms with E-state index < -0.39 is 11.8 Å². The summed E-state index contributed by atoms with van der Waals surface area (Å²) < 4.78 is 0. The predicted octanol–water partition coefficient (Wildman–Crippen LogP) is 3.22. The third kappa shape index (κ3) is 5.13. The second kappa shape index (κ2) is 9.47. The molecule has 2 aromatic heterocycles. The van der Waals surface area contributed by atoms with Crippen LogP contribution in [0.2, 0.25) is 10.0 Å². The van der Waals surface area contributed by atoms with E-state index in [2.05, 4.69) is 25.6 Å². The van der Waals surface area contributed by atoms with Crippen LogP contribution in [0.5, 0.6) is 0 Å². The molecule has 4 N–H and O–H groups in total. The van der Waals surface area contributed by atoms with E-state index >= 15 is 0 Å². The highest BCUT2D eigenvalue weighted by Crippen LogP contribution is 2.23. The highest BCUT2D eigenvalue weighted by molar-refractivity contribution is 6.31. The van der Waals surface area contributed by atoms with Gasteiger partial charge in [0.25, 0.3) is 11.8 Å². The molecule has 0 bridgehead atoms. The molecule has 1 atom stereocenters. The van der Waals surface area contributed by atoms with Crippen molar-refractivity contribution in [3.8, 4) is 0 Å². The van der Waals surface area contributed by atoms with Crippen LogP contribution in [0.25, 0.3) is 0 Å². The first-order valence-electron chi connectivity index (χ1n) is 9.75. The average molecular weight is 472 g/mol. The number of aromatic nitrogens is 3. The maximum absolute atomic E-state index is 12.8. The number of nitrogens with zero attached hydrogens (tertiary/aromatic N) is 4. The zero-order valence-electron chi connectivity index (χ0n) is 16.8. The van der Waals surface area contributed by atoms with Gasteiger partial charge in [-0.1, -0.05) is 23.2 Å². The summed E-state index contributed by atoms with van der Waals surface area (Å²) in [5, 5.41) is 6.12. The number of rotatable bonds is 5. The fraction of sp³-hybridized carbons (Fsp3) is 0.190. The van der Waals surface area contributed by atoms with Gasteiger partial charge in [0, 0.05) is 30.4 Å². The molecule has 0 saturated carbocycles. The summed E-state index contributed by atoms with van der Waals surface area (Å²) in [4.78, 5) is 40.1. The average Bonchev–Trinajstić information content (AvgIpc) is 3.23. The van der Waals surface area contributed by atoms with Gasteiger partial charge < -0.3 is 21.3 Å². The molecule has 1 aromatic carbocycles. The van der Waals surface area contributed by atoms with Crippen LogP contribution >= 0.6 is 23.2 Å². The van der Waals surface area contributed by atoms with Gasteiger partial charge in [-0.15, -0.1) is 0 Å². The van der Waals surface area contributed by atoms with Crippen molar-refractivity contribution in [2.75, 3.05) is 28.6 Å². The molecule has 1 fully saturated rings. The van der Waals surface area contributed by atoms with Gasteiger partial charge in [0.15, 0.2) is 0 Å². The number of nitrogens with two attached hydrogens (primary N) is 1. The molecule has 164 valence electrons. The maximum Gasteiger partial charge on any atom is 0.275 e. The normalized spacial score (nSPS) is 15.5. The Morgan fingerprint density at radius 1 is 0.969 bits per heavy atom. The van der Waals surface area contributed by atoms with Crippen LogP contribution in [-0.2, 0) is 0 Å². The van der Waals surface area contributed by atoms with Crippen molar-refractivity contribution < 1.29 is 9.59 Å². The summed E-state index contributed by atoms with van der Waals surface area (Å²) in [6.07, 6.45) is 5.23. The Morgan fingerprint density at radius 3 is 2.44 bits per heavy atom. The van der Waals surface area contributed by atoms with Crippen LogP contribution in [0.3, 0.4) is 0 Å². The van der Waals surface area contributed by atoms with Crippen molar-refractivity contribution in [1.29, 1.82) is 0 Å². The van der Waals surface area contributed by atoms with Crippen LogP contribution in [-0.4, -0.2) is 45.9 Å². The van der Waals surface area contributed by atoms with Crippen molar-refractivity contribution in [2.24, 2.45) is 5.73 Å². The smallest absolute Gasteiger partial charge is 0.275 e. The minimum atomic E-state index is -0.511. The first-order chi connectivity index (χ1) is 15.4. The minimum Gasteiger partial charge on any atom is -0.354 e. The van der Waals surface area contributed by atoms with E-state index in [-0.39, 0.29) is 23.0 Å². The van der Waals surface area contributed by atoms with E-state index in [4.69, 9.17) is 28.9 Å². The number of benzene rings is 1. The van der Waals surface area contributed by atoms with Crippen LogP contribution in [0.1, 0.15) is 27.3 Å². The molecule has 1 unspecified atom stereocenters. The summed E-state index contributed by atoms with van der Waals surface area (Å²) in [5.41, 5.74) is 6.47. The van der Waals surface area contributed by atoms with E-state index in [0.717, 1.165) is 13.0 Å². The number of pyridine rings is 1. The van der Waals surface area contributed by atoms with Crippen LogP contribution in [0.15, 0.2) is 48.9 Å². The van der Waals surface area contributed by atoms with E-state index in [1.807, 2.05) is 4.90 Å². The van der Waals surface area contributed by atoms with Gasteiger partial charge in [-0.25, -0.2) is 15.0 Å². The van der Waals surface area contributed by atoms with E-state index in [9.17, 15) is 9.59 Å². The first-order valence-corrected chi connectivity index (χ1v) is 10.5. The number of hydrogen-bond acceptors (Lipinski definition) is 7. The lowest BCUT2D eigenvalue weighted by molar-refractivity contribution is 0.102. The summed E-state index contributed by atoms with van der Waals surface area (Å²) in [7, 11) is 0. The lowest BCUT2D eigenvalue weighted by Gasteiger charge is -2.16. The molecule has 2 amide bonds. The van der Waals surface area contributed by atoms with E-state index in [0.29, 0.717) is 28.2 Å². The third-order valence-corrected chi connectivity index (χ3v) is 5.32. The molecule has 0 spiro atoms. The summed E-state index contributed by atoms with van der Waals surface area (Å²) in [6, 6.07) is 7.83. The van der Waals surface area contributed by atoms with Gasteiger partial charge in [0.2, 0.25) is 0 Å². The van der Waals surface area contributed by atoms with Gasteiger partial charge in [0.05, 0.1) is 28.7 Å². The highest BCUT2D eigenvalue weighted by atomic mass is 35.5. The zero-order chi connectivity index (χ0) is 22.7. The summed E-state index contributed by atoms with van der Waals surface area (Å²) in [6.45, 7) is 1.50. The molecule has 32 heavy (non-hydrogen) atoms. The number of amides is 2. The lowest BCUT2D eigenvalue weighted by Crippen LogP contribution is -2.27. The van der Waals surface area contributed by atoms with Gasteiger partial charge in [0.1, 0.15) is 17.3 Å². The third-order valence-electron chi connectivity index (χ3n) is 4.86. The van der Waals surface area contributed by atoms with Crippen molar-refractivity contribution in [2.45, 2.75) is 12.5 Å². The Balaban J connectivity index is 1.49. The summed E-state index contributed by atoms with van der Waals surface area (Å²) in [5.74, 6) is -0.0381. The number of anilines is 3. The highest BCUT2D eigenvalue weighted by Gasteiger charge is 2.21. The largest absolute Gasteiger partial charge is 0.354 e. The zero-order valence-corrected chi connectivity index (χ0v) is 18.3. The number of hydrogen-bond donors (Lipinski definition) is 3. The van der Waals surface area contributed by atoms with Crippen molar-refractivity contribution in [3.63, 3.8) is 0 Å². The summed E-state index contributed by atoms with van der Waals surface area (Å²) >= 11 is 11.9. The van der Waals surface area contributed by atoms with E-state index in [1.165, 1.54) is 30.7 Å². The predicted molar refractivity (Wildman–Crippen MR) is 123 cm³/mol. The molecular weight excluding hydrogens is 453 g/mol. The molecule has 1 aliphatic rings. The molecule has 0 radical (unpaired) electrons. The van der Waals surface area contributed by atoms with Gasteiger partial charge in [-0.3, -0.25) is 9.59 Å². The Morgan fingerprint density at radius 2 is 1.78 bits per heavy atom. The van der Waals surface area contributed by atoms with Gasteiger partial charge in [-0.05, 0) is 36.8 Å². The SMILES string of the molecule is NC1CCN(c2cnc(C(=O)Nc3ccc(Cl)cc3C(=O)Nc3ccc(Cl)cn3)cn2)C1. The molecule has 3 heterocycles. The van der Waals surface area contributed by atoms with E-state index in [1.54, 1.807) is 18.2 Å². The van der Waals surface area contributed by atoms with Crippen molar-refractivity contribution >= 4 is 52.3 Å². The fourth-order valence-corrected chi connectivity index (χ4v) is 3.51. The monoisotopic (exact) mass is 471 g/mol. The Bertz CT molecular complexity index is 1140. The van der Waals surface area contributed by atoms with Gasteiger partial charge in [-0.2, -0.15) is 0 Å². The number of halogens is 2. The number of carbonyl (C=O) groups is 2. The van der Waals surface area contributed by atoms with Crippen LogP contribution in [0.4, 0.5) is 17.3 Å². The fourth-order valence-electron chi connectivity index (χ4n) is 3.23. The quantitative estimate of drug-likeness (QED) is 0.521. The molecule has 1 aliphatic heterocycles. The maximum atomic E-state index is 12.8. The molecule has 3 aromatic rings. The Hall–Kier alpha value is -3.27. The molecule has 4 rings (SSSR count). The second-order valence-corrected chi connectivity index (χ2v) is 8.09. The van der Waals surface area contributed by atoms with Crippen LogP contribution < -0.4 is 21.3 Å². The number of nitrogens with one attached hydrogen (secondary N) is 2. The molecule has 0 aliphatic carbocycles. The topological polar surface area (TPSA) is 126 Å². The molecule has 11 heteroatoms. The van der Waals surface area contributed by atoms with Crippen molar-refractivity contribution in [3.05, 3.63) is 70.2 Å². The molecule has 9 nitrogen and oxygen atoms in total. The Labute approximate surface area is 194 Å². The first kappa shape index (κ1) is 21.9. The second-order valence-electron chi connectivity index (χ2n) is 7.21. The van der Waals surface area contributed by atoms with Crippen molar-refractivity contribution in [1.82, 2.24) is 15.0 Å².